The molecular weight excluding hydrogens is 344 g/mol. The topological polar surface area (TPSA) is 51.0 Å². The lowest BCUT2D eigenvalue weighted by Crippen LogP contribution is -2.32. The molecule has 0 saturated heterocycles. The van der Waals surface area contributed by atoms with E-state index in [4.69, 9.17) is 4.98 Å². The number of amides is 1. The van der Waals surface area contributed by atoms with Crippen molar-refractivity contribution in [3.63, 3.8) is 0 Å². The fourth-order valence-electron chi connectivity index (χ4n) is 3.08. The number of pyridine rings is 1. The normalized spacial score (nSPS) is 11.4. The summed E-state index contributed by atoms with van der Waals surface area (Å²) in [6, 6.07) is 7.81. The number of aryl methyl sites for hydroxylation is 1. The van der Waals surface area contributed by atoms with Gasteiger partial charge in [0.1, 0.15) is 11.3 Å². The van der Waals surface area contributed by atoms with E-state index in [0.717, 1.165) is 39.7 Å². The number of imidazole rings is 1. The van der Waals surface area contributed by atoms with Crippen molar-refractivity contribution in [3.8, 4) is 0 Å². The molecule has 0 spiro atoms. The van der Waals surface area contributed by atoms with Crippen LogP contribution in [0.5, 0.6) is 0 Å². The van der Waals surface area contributed by atoms with Gasteiger partial charge in [-0.05, 0) is 43.5 Å². The van der Waals surface area contributed by atoms with E-state index in [0.29, 0.717) is 19.0 Å². The first kappa shape index (κ1) is 18.6. The van der Waals surface area contributed by atoms with E-state index in [1.54, 1.807) is 17.5 Å². The fourth-order valence-corrected chi connectivity index (χ4v) is 3.92. The van der Waals surface area contributed by atoms with Crippen LogP contribution in [-0.2, 0) is 13.1 Å². The van der Waals surface area contributed by atoms with Crippen LogP contribution in [0.25, 0.3) is 11.2 Å². The zero-order valence-corrected chi connectivity index (χ0v) is 16.7. The van der Waals surface area contributed by atoms with Gasteiger partial charge in [-0.2, -0.15) is 0 Å². The lowest BCUT2D eigenvalue weighted by Gasteiger charge is -2.22. The van der Waals surface area contributed by atoms with Gasteiger partial charge < -0.3 is 9.47 Å². The fraction of sp³-hybridized carbons (Fsp3) is 0.450. The Morgan fingerprint density at radius 2 is 2.12 bits per heavy atom. The van der Waals surface area contributed by atoms with Crippen molar-refractivity contribution in [2.24, 2.45) is 5.92 Å². The van der Waals surface area contributed by atoms with Crippen molar-refractivity contribution >= 4 is 28.4 Å². The molecule has 0 aromatic carbocycles. The minimum absolute atomic E-state index is 0.0843. The van der Waals surface area contributed by atoms with Gasteiger partial charge in [-0.3, -0.25) is 4.79 Å². The van der Waals surface area contributed by atoms with Gasteiger partial charge in [-0.25, -0.2) is 9.97 Å². The molecule has 3 aromatic heterocycles. The highest BCUT2D eigenvalue weighted by Crippen LogP contribution is 2.21. The Kier molecular flexibility index (Phi) is 5.71. The number of carbonyl (C=O) groups is 1. The molecule has 138 valence electrons. The summed E-state index contributed by atoms with van der Waals surface area (Å²) >= 11 is 1.55. The number of rotatable bonds is 7. The first-order chi connectivity index (χ1) is 12.5. The number of hydrogen-bond donors (Lipinski definition) is 0. The second-order valence-electron chi connectivity index (χ2n) is 7.02. The Labute approximate surface area is 158 Å². The van der Waals surface area contributed by atoms with Gasteiger partial charge in [0.15, 0.2) is 5.65 Å². The molecule has 0 atom stereocenters. The van der Waals surface area contributed by atoms with Crippen LogP contribution in [-0.4, -0.2) is 31.9 Å². The lowest BCUT2D eigenvalue weighted by molar-refractivity contribution is 0.0742. The van der Waals surface area contributed by atoms with Gasteiger partial charge in [0, 0.05) is 24.2 Å². The van der Waals surface area contributed by atoms with Crippen LogP contribution in [0, 0.1) is 12.8 Å². The predicted molar refractivity (Wildman–Crippen MR) is 106 cm³/mol. The average Bonchev–Trinajstić information content (AvgIpc) is 3.18. The van der Waals surface area contributed by atoms with Crippen molar-refractivity contribution in [2.45, 2.75) is 47.2 Å². The average molecular weight is 371 g/mol. The van der Waals surface area contributed by atoms with Crippen LogP contribution in [0.2, 0.25) is 0 Å². The number of thiophene rings is 1. The SMILES string of the molecule is CCCN(Cc1nc2cccnc2n1CC(C)C)C(=O)c1ccc(C)s1. The number of nitrogens with zero attached hydrogens (tertiary/aromatic N) is 4. The van der Waals surface area contributed by atoms with Crippen LogP contribution < -0.4 is 0 Å². The Morgan fingerprint density at radius 3 is 2.77 bits per heavy atom. The first-order valence-corrected chi connectivity index (χ1v) is 9.97. The molecule has 5 nitrogen and oxygen atoms in total. The van der Waals surface area contributed by atoms with E-state index < -0.39 is 0 Å². The Balaban J connectivity index is 1.94. The molecule has 6 heteroatoms. The maximum absolute atomic E-state index is 13.0. The van der Waals surface area contributed by atoms with Crippen LogP contribution in [0.3, 0.4) is 0 Å². The van der Waals surface area contributed by atoms with Crippen LogP contribution in [0.4, 0.5) is 0 Å². The van der Waals surface area contributed by atoms with Crippen molar-refractivity contribution in [2.75, 3.05) is 6.54 Å². The van der Waals surface area contributed by atoms with Gasteiger partial charge in [-0.1, -0.05) is 20.8 Å². The summed E-state index contributed by atoms with van der Waals surface area (Å²) in [5.74, 6) is 1.46. The van der Waals surface area contributed by atoms with Crippen molar-refractivity contribution in [1.82, 2.24) is 19.4 Å². The molecule has 3 heterocycles. The van der Waals surface area contributed by atoms with E-state index in [1.807, 2.05) is 36.1 Å². The van der Waals surface area contributed by atoms with Gasteiger partial charge in [0.05, 0.1) is 11.4 Å². The molecule has 0 unspecified atom stereocenters. The van der Waals surface area contributed by atoms with Gasteiger partial charge >= 0.3 is 0 Å². The Bertz CT molecular complexity index is 896. The second kappa shape index (κ2) is 7.99. The molecule has 0 saturated carbocycles. The molecule has 0 aliphatic heterocycles. The number of hydrogen-bond acceptors (Lipinski definition) is 4. The summed E-state index contributed by atoms with van der Waals surface area (Å²) < 4.78 is 2.16. The zero-order valence-electron chi connectivity index (χ0n) is 15.9. The summed E-state index contributed by atoms with van der Waals surface area (Å²) in [6.07, 6.45) is 2.72. The molecule has 0 fully saturated rings. The summed E-state index contributed by atoms with van der Waals surface area (Å²) in [5.41, 5.74) is 1.78. The highest BCUT2D eigenvalue weighted by Gasteiger charge is 2.21. The van der Waals surface area contributed by atoms with Crippen molar-refractivity contribution in [1.29, 1.82) is 0 Å². The monoisotopic (exact) mass is 370 g/mol. The van der Waals surface area contributed by atoms with Crippen molar-refractivity contribution in [3.05, 3.63) is 46.0 Å². The van der Waals surface area contributed by atoms with Crippen LogP contribution in [0.1, 0.15) is 47.6 Å². The van der Waals surface area contributed by atoms with E-state index >= 15 is 0 Å². The largest absolute Gasteiger partial charge is 0.330 e. The third-order valence-electron chi connectivity index (χ3n) is 4.19. The highest BCUT2D eigenvalue weighted by molar-refractivity contribution is 7.13. The first-order valence-electron chi connectivity index (χ1n) is 9.15. The third kappa shape index (κ3) is 3.96. The standard InChI is InChI=1S/C20H26N4OS/c1-5-11-23(20(25)17-9-8-15(4)26-17)13-18-22-16-7-6-10-21-19(16)24(18)12-14(2)3/h6-10,14H,5,11-13H2,1-4H3. The number of carbonyl (C=O) groups excluding carboxylic acids is 1. The molecular formula is C20H26N4OS. The molecule has 0 radical (unpaired) electrons. The van der Waals surface area contributed by atoms with Crippen molar-refractivity contribution < 1.29 is 4.79 Å². The van der Waals surface area contributed by atoms with E-state index in [1.165, 1.54) is 0 Å². The summed E-state index contributed by atoms with van der Waals surface area (Å²) in [5, 5.41) is 0. The molecule has 3 aromatic rings. The predicted octanol–water partition coefficient (Wildman–Crippen LogP) is 4.51. The van der Waals surface area contributed by atoms with Crippen LogP contribution >= 0.6 is 11.3 Å². The maximum atomic E-state index is 13.0. The third-order valence-corrected chi connectivity index (χ3v) is 5.18. The quantitative estimate of drug-likeness (QED) is 0.615. The Morgan fingerprint density at radius 1 is 1.31 bits per heavy atom. The van der Waals surface area contributed by atoms with Gasteiger partial charge in [0.2, 0.25) is 0 Å². The smallest absolute Gasteiger partial charge is 0.264 e. The maximum Gasteiger partial charge on any atom is 0.264 e. The molecule has 0 bridgehead atoms. The van der Waals surface area contributed by atoms with Gasteiger partial charge in [-0.15, -0.1) is 11.3 Å². The molecule has 0 aliphatic rings. The highest BCUT2D eigenvalue weighted by atomic mass is 32.1. The Hall–Kier alpha value is -2.21. The van der Waals surface area contributed by atoms with E-state index in [-0.39, 0.29) is 5.91 Å². The minimum atomic E-state index is 0.0843. The van der Waals surface area contributed by atoms with Gasteiger partial charge in [0.25, 0.3) is 5.91 Å². The summed E-state index contributed by atoms with van der Waals surface area (Å²) in [4.78, 5) is 26.1. The molecule has 3 rings (SSSR count). The van der Waals surface area contributed by atoms with E-state index in [9.17, 15) is 4.79 Å². The number of fused-ring (bicyclic) bond motifs is 1. The molecule has 1 amide bonds. The summed E-state index contributed by atoms with van der Waals surface area (Å²) in [6.45, 7) is 10.6. The molecule has 0 aliphatic carbocycles. The zero-order chi connectivity index (χ0) is 18.7. The summed E-state index contributed by atoms with van der Waals surface area (Å²) in [7, 11) is 0. The second-order valence-corrected chi connectivity index (χ2v) is 8.30. The molecule has 26 heavy (non-hydrogen) atoms. The lowest BCUT2D eigenvalue weighted by atomic mass is 10.2. The van der Waals surface area contributed by atoms with Crippen LogP contribution in [0.15, 0.2) is 30.5 Å². The van der Waals surface area contributed by atoms with E-state index in [2.05, 4.69) is 30.3 Å². The number of aromatic nitrogens is 3. The minimum Gasteiger partial charge on any atom is -0.330 e. The molecule has 0 N–H and O–H groups in total.